The van der Waals surface area contributed by atoms with Crippen LogP contribution in [0.25, 0.3) is 0 Å². The van der Waals surface area contributed by atoms with Gasteiger partial charge < -0.3 is 15.7 Å². The van der Waals surface area contributed by atoms with E-state index in [1.165, 1.54) is 12.1 Å². The first-order valence-corrected chi connectivity index (χ1v) is 6.29. The van der Waals surface area contributed by atoms with Crippen molar-refractivity contribution >= 4 is 17.3 Å². The van der Waals surface area contributed by atoms with Crippen LogP contribution in [0, 0.1) is 11.7 Å². The van der Waals surface area contributed by atoms with Crippen LogP contribution in [0.15, 0.2) is 12.1 Å². The fourth-order valence-corrected chi connectivity index (χ4v) is 2.13. The van der Waals surface area contributed by atoms with Crippen molar-refractivity contribution in [3.05, 3.63) is 23.5 Å². The molecule has 5 heteroatoms. The van der Waals surface area contributed by atoms with E-state index in [4.69, 9.17) is 10.8 Å². The van der Waals surface area contributed by atoms with Gasteiger partial charge in [0.15, 0.2) is 0 Å². The number of aromatic carboxylic acids is 1. The zero-order valence-electron chi connectivity index (χ0n) is 11.8. The minimum Gasteiger partial charge on any atom is -0.478 e. The summed E-state index contributed by atoms with van der Waals surface area (Å²) in [6.45, 7) is 6.26. The fraction of sp³-hybridized carbons (Fsp3) is 0.500. The normalized spacial score (nSPS) is 12.5. The van der Waals surface area contributed by atoms with Crippen LogP contribution < -0.4 is 10.6 Å². The molecular formula is C14H21FN2O2. The summed E-state index contributed by atoms with van der Waals surface area (Å²) in [7, 11) is 1.83. The molecule has 3 N–H and O–H groups in total. The summed E-state index contributed by atoms with van der Waals surface area (Å²) in [5.74, 6) is -1.56. The Bertz CT molecular complexity index is 475. The van der Waals surface area contributed by atoms with Crippen LogP contribution in [0.4, 0.5) is 15.8 Å². The number of rotatable bonds is 5. The zero-order chi connectivity index (χ0) is 14.7. The number of nitrogens with zero attached hydrogens (tertiary/aromatic N) is 1. The smallest absolute Gasteiger partial charge is 0.338 e. The third kappa shape index (κ3) is 3.59. The lowest BCUT2D eigenvalue weighted by Crippen LogP contribution is -2.31. The molecule has 0 heterocycles. The Hall–Kier alpha value is -1.78. The molecule has 0 aliphatic rings. The number of nitrogen functional groups attached to an aromatic ring is 1. The van der Waals surface area contributed by atoms with Gasteiger partial charge in [0.25, 0.3) is 0 Å². The lowest BCUT2D eigenvalue weighted by molar-refractivity contribution is 0.0692. The summed E-state index contributed by atoms with van der Waals surface area (Å²) in [6, 6.07) is 2.55. The molecule has 0 aliphatic carbocycles. The lowest BCUT2D eigenvalue weighted by atomic mass is 10.0. The van der Waals surface area contributed by atoms with Crippen molar-refractivity contribution in [2.24, 2.45) is 5.92 Å². The molecule has 0 aliphatic heterocycles. The Morgan fingerprint density at radius 3 is 2.47 bits per heavy atom. The van der Waals surface area contributed by atoms with Gasteiger partial charge in [0.1, 0.15) is 5.82 Å². The molecule has 0 saturated heterocycles. The third-order valence-electron chi connectivity index (χ3n) is 3.20. The third-order valence-corrected chi connectivity index (χ3v) is 3.20. The molecule has 0 bridgehead atoms. The van der Waals surface area contributed by atoms with Crippen molar-refractivity contribution in [1.29, 1.82) is 0 Å². The molecule has 4 nitrogen and oxygen atoms in total. The molecule has 106 valence electrons. The average molecular weight is 268 g/mol. The van der Waals surface area contributed by atoms with Gasteiger partial charge in [-0.05, 0) is 25.3 Å². The molecule has 0 spiro atoms. The summed E-state index contributed by atoms with van der Waals surface area (Å²) >= 11 is 0. The maximum Gasteiger partial charge on any atom is 0.338 e. The van der Waals surface area contributed by atoms with Crippen molar-refractivity contribution in [2.45, 2.75) is 33.2 Å². The van der Waals surface area contributed by atoms with Crippen molar-refractivity contribution in [3.8, 4) is 0 Å². The van der Waals surface area contributed by atoms with Crippen LogP contribution in [-0.2, 0) is 0 Å². The second-order valence-electron chi connectivity index (χ2n) is 5.29. The zero-order valence-corrected chi connectivity index (χ0v) is 11.8. The van der Waals surface area contributed by atoms with E-state index in [-0.39, 0.29) is 11.7 Å². The second-order valence-corrected chi connectivity index (χ2v) is 5.29. The molecule has 1 aromatic carbocycles. The van der Waals surface area contributed by atoms with E-state index in [1.54, 1.807) is 0 Å². The monoisotopic (exact) mass is 268 g/mol. The Morgan fingerprint density at radius 2 is 2.00 bits per heavy atom. The lowest BCUT2D eigenvalue weighted by Gasteiger charge is -2.29. The standard InChI is InChI=1S/C14H21FN2O2/c1-8(2)5-9(3)17(4)13-7-11(15)10(14(18)19)6-12(13)16/h6-9H,5,16H2,1-4H3,(H,18,19). The molecule has 0 amide bonds. The summed E-state index contributed by atoms with van der Waals surface area (Å²) in [5.41, 5.74) is 6.23. The quantitative estimate of drug-likeness (QED) is 0.806. The molecule has 1 atom stereocenters. The summed E-state index contributed by atoms with van der Waals surface area (Å²) in [6.07, 6.45) is 0.943. The van der Waals surface area contributed by atoms with Gasteiger partial charge >= 0.3 is 5.97 Å². The number of anilines is 2. The molecule has 1 unspecified atom stereocenters. The van der Waals surface area contributed by atoms with Crippen LogP contribution in [0.5, 0.6) is 0 Å². The highest BCUT2D eigenvalue weighted by Gasteiger charge is 2.18. The van der Waals surface area contributed by atoms with Gasteiger partial charge in [-0.25, -0.2) is 9.18 Å². The molecule has 19 heavy (non-hydrogen) atoms. The molecule has 0 saturated carbocycles. The van der Waals surface area contributed by atoms with Crippen molar-refractivity contribution in [1.82, 2.24) is 0 Å². The first-order chi connectivity index (χ1) is 8.73. The number of carboxylic acids is 1. The predicted octanol–water partition coefficient (Wildman–Crippen LogP) is 2.98. The number of benzene rings is 1. The van der Waals surface area contributed by atoms with Gasteiger partial charge in [-0.15, -0.1) is 0 Å². The van der Waals surface area contributed by atoms with Crippen LogP contribution >= 0.6 is 0 Å². The first kappa shape index (κ1) is 15.3. The topological polar surface area (TPSA) is 66.6 Å². The summed E-state index contributed by atoms with van der Waals surface area (Å²) < 4.78 is 13.7. The highest BCUT2D eigenvalue weighted by molar-refractivity contribution is 5.90. The first-order valence-electron chi connectivity index (χ1n) is 6.29. The molecule has 1 aromatic rings. The number of nitrogens with two attached hydrogens (primary N) is 1. The van der Waals surface area contributed by atoms with E-state index in [1.807, 2.05) is 18.9 Å². The largest absolute Gasteiger partial charge is 0.478 e. The Kier molecular flexibility index (Phi) is 4.75. The van der Waals surface area contributed by atoms with Gasteiger partial charge in [-0.1, -0.05) is 13.8 Å². The van der Waals surface area contributed by atoms with E-state index in [2.05, 4.69) is 13.8 Å². The molecule has 0 fully saturated rings. The van der Waals surface area contributed by atoms with E-state index in [0.717, 1.165) is 6.42 Å². The van der Waals surface area contributed by atoms with Crippen molar-refractivity contribution in [2.75, 3.05) is 17.7 Å². The van der Waals surface area contributed by atoms with Gasteiger partial charge in [-0.3, -0.25) is 0 Å². The van der Waals surface area contributed by atoms with Crippen molar-refractivity contribution in [3.63, 3.8) is 0 Å². The van der Waals surface area contributed by atoms with Crippen LogP contribution in [0.3, 0.4) is 0 Å². The van der Waals surface area contributed by atoms with E-state index in [9.17, 15) is 9.18 Å². The van der Waals surface area contributed by atoms with Gasteiger partial charge in [0.2, 0.25) is 0 Å². The number of carbonyl (C=O) groups is 1. The molecule has 0 aromatic heterocycles. The Morgan fingerprint density at radius 1 is 1.42 bits per heavy atom. The van der Waals surface area contributed by atoms with Gasteiger partial charge in [0.05, 0.1) is 16.9 Å². The second kappa shape index (κ2) is 5.91. The number of hydrogen-bond donors (Lipinski definition) is 2. The van der Waals surface area contributed by atoms with Crippen molar-refractivity contribution < 1.29 is 14.3 Å². The Labute approximate surface area is 113 Å². The molecular weight excluding hydrogens is 247 g/mol. The fourth-order valence-electron chi connectivity index (χ4n) is 2.13. The van der Waals surface area contributed by atoms with Crippen LogP contribution in [0.2, 0.25) is 0 Å². The van der Waals surface area contributed by atoms with E-state index in [0.29, 0.717) is 11.6 Å². The summed E-state index contributed by atoms with van der Waals surface area (Å²) in [5, 5.41) is 8.84. The number of carboxylic acid groups (broad SMARTS) is 1. The minimum atomic E-state index is -1.31. The van der Waals surface area contributed by atoms with Gasteiger partial charge in [0, 0.05) is 19.2 Å². The number of halogens is 1. The van der Waals surface area contributed by atoms with Crippen LogP contribution in [-0.4, -0.2) is 24.2 Å². The minimum absolute atomic E-state index is 0.192. The average Bonchev–Trinajstić information content (AvgIpc) is 2.29. The number of hydrogen-bond acceptors (Lipinski definition) is 3. The maximum absolute atomic E-state index is 13.7. The molecule has 1 rings (SSSR count). The molecule has 0 radical (unpaired) electrons. The maximum atomic E-state index is 13.7. The van der Waals surface area contributed by atoms with Crippen LogP contribution in [0.1, 0.15) is 37.6 Å². The Balaban J connectivity index is 3.07. The highest BCUT2D eigenvalue weighted by atomic mass is 19.1. The predicted molar refractivity (Wildman–Crippen MR) is 75.1 cm³/mol. The van der Waals surface area contributed by atoms with E-state index >= 15 is 0 Å². The SMILES string of the molecule is CC(C)CC(C)N(C)c1cc(F)c(C(=O)O)cc1N. The van der Waals surface area contributed by atoms with Gasteiger partial charge in [-0.2, -0.15) is 0 Å². The van der Waals surface area contributed by atoms with E-state index < -0.39 is 17.3 Å². The highest BCUT2D eigenvalue weighted by Crippen LogP contribution is 2.28. The summed E-state index contributed by atoms with van der Waals surface area (Å²) in [4.78, 5) is 12.7.